The molecule has 1 unspecified atom stereocenters. The van der Waals surface area contributed by atoms with Crippen LogP contribution < -0.4 is 0 Å². The Morgan fingerprint density at radius 3 is 1.87 bits per heavy atom. The first-order valence-corrected chi connectivity index (χ1v) is 5.67. The lowest BCUT2D eigenvalue weighted by molar-refractivity contribution is -0.0863. The van der Waals surface area contributed by atoms with Crippen LogP contribution in [0.5, 0.6) is 0 Å². The van der Waals surface area contributed by atoms with Crippen molar-refractivity contribution >= 4 is 0 Å². The Morgan fingerprint density at radius 1 is 0.933 bits per heavy atom. The minimum atomic E-state index is -1.15. The summed E-state index contributed by atoms with van der Waals surface area (Å²) in [6.07, 6.45) is 3.82. The molecule has 92 valence electrons. The molecule has 4 heteroatoms. The molecule has 0 saturated heterocycles. The van der Waals surface area contributed by atoms with Gasteiger partial charge in [0.1, 0.15) is 0 Å². The van der Waals surface area contributed by atoms with Crippen LogP contribution in [0, 0.1) is 5.41 Å². The van der Waals surface area contributed by atoms with Gasteiger partial charge in [-0.05, 0) is 6.42 Å². The van der Waals surface area contributed by atoms with Crippen LogP contribution in [0.15, 0.2) is 0 Å². The van der Waals surface area contributed by atoms with E-state index in [-0.39, 0.29) is 0 Å². The fourth-order valence-corrected chi connectivity index (χ4v) is 1.54. The fourth-order valence-electron chi connectivity index (χ4n) is 1.54. The van der Waals surface area contributed by atoms with Gasteiger partial charge in [0.25, 0.3) is 0 Å². The van der Waals surface area contributed by atoms with E-state index in [0.717, 1.165) is 25.7 Å². The molecule has 4 nitrogen and oxygen atoms in total. The quantitative estimate of drug-likeness (QED) is 0.421. The van der Waals surface area contributed by atoms with Crippen LogP contribution in [0.25, 0.3) is 0 Å². The molecule has 0 saturated carbocycles. The molecule has 0 aliphatic carbocycles. The Bertz CT molecular complexity index is 137. The smallest absolute Gasteiger partial charge is 0.0662 e. The van der Waals surface area contributed by atoms with Crippen LogP contribution in [-0.2, 0) is 0 Å². The molecule has 0 aliphatic heterocycles. The van der Waals surface area contributed by atoms with Gasteiger partial charge in [0.15, 0.2) is 0 Å². The molecule has 0 fully saturated rings. The fraction of sp³-hybridized carbons (Fsp3) is 1.00. The predicted octanol–water partition coefficient (Wildman–Crippen LogP) is 0.281. The van der Waals surface area contributed by atoms with Gasteiger partial charge in [-0.15, -0.1) is 0 Å². The summed E-state index contributed by atoms with van der Waals surface area (Å²) in [5, 5.41) is 37.0. The number of hydrogen-bond donors (Lipinski definition) is 4. The van der Waals surface area contributed by atoms with Crippen molar-refractivity contribution in [2.75, 3.05) is 19.8 Å². The molecule has 0 aliphatic rings. The highest BCUT2D eigenvalue weighted by atomic mass is 16.3. The maximum atomic E-state index is 9.78. The molecule has 0 aromatic rings. The maximum Gasteiger partial charge on any atom is 0.0662 e. The Labute approximate surface area is 91.6 Å². The van der Waals surface area contributed by atoms with Gasteiger partial charge < -0.3 is 20.4 Å². The van der Waals surface area contributed by atoms with Gasteiger partial charge in [-0.3, -0.25) is 0 Å². The van der Waals surface area contributed by atoms with Crippen LogP contribution >= 0.6 is 0 Å². The summed E-state index contributed by atoms with van der Waals surface area (Å²) in [5.74, 6) is 0. The number of unbranched alkanes of at least 4 members (excludes halogenated alkanes) is 3. The molecule has 0 amide bonds. The number of hydrogen-bond acceptors (Lipinski definition) is 4. The third-order valence-electron chi connectivity index (χ3n) is 2.98. The summed E-state index contributed by atoms with van der Waals surface area (Å²) in [5.41, 5.74) is -1.15. The zero-order chi connectivity index (χ0) is 11.7. The van der Waals surface area contributed by atoms with Crippen molar-refractivity contribution in [1.82, 2.24) is 0 Å². The van der Waals surface area contributed by atoms with Gasteiger partial charge in [-0.2, -0.15) is 0 Å². The Hall–Kier alpha value is -0.160. The minimum Gasteiger partial charge on any atom is -0.396 e. The first-order chi connectivity index (χ1) is 7.16. The van der Waals surface area contributed by atoms with E-state index in [4.69, 9.17) is 15.3 Å². The standard InChI is InChI=1S/C11H24O4/c1-2-3-4-5-6-10(15)11(7-12,8-13)9-14/h10,12-15H,2-9H2,1H3. The van der Waals surface area contributed by atoms with E-state index in [2.05, 4.69) is 6.92 Å². The van der Waals surface area contributed by atoms with E-state index >= 15 is 0 Å². The number of aliphatic hydroxyl groups is 4. The van der Waals surface area contributed by atoms with E-state index in [1.165, 1.54) is 0 Å². The molecule has 0 aromatic heterocycles. The largest absolute Gasteiger partial charge is 0.396 e. The average molecular weight is 220 g/mol. The number of aliphatic hydroxyl groups excluding tert-OH is 4. The molecule has 4 N–H and O–H groups in total. The minimum absolute atomic E-state index is 0.394. The molecule has 0 radical (unpaired) electrons. The van der Waals surface area contributed by atoms with E-state index in [0.29, 0.717) is 6.42 Å². The summed E-state index contributed by atoms with van der Waals surface area (Å²) in [6.45, 7) is 0.925. The van der Waals surface area contributed by atoms with Crippen LogP contribution in [0.3, 0.4) is 0 Å². The summed E-state index contributed by atoms with van der Waals surface area (Å²) in [4.78, 5) is 0. The zero-order valence-corrected chi connectivity index (χ0v) is 9.52. The topological polar surface area (TPSA) is 80.9 Å². The van der Waals surface area contributed by atoms with Crippen molar-refractivity contribution in [3.05, 3.63) is 0 Å². The van der Waals surface area contributed by atoms with Crippen LogP contribution in [-0.4, -0.2) is 46.4 Å². The van der Waals surface area contributed by atoms with Crippen molar-refractivity contribution in [3.8, 4) is 0 Å². The highest BCUT2D eigenvalue weighted by molar-refractivity contribution is 4.84. The zero-order valence-electron chi connectivity index (χ0n) is 9.52. The second kappa shape index (κ2) is 8.05. The lowest BCUT2D eigenvalue weighted by atomic mass is 9.82. The van der Waals surface area contributed by atoms with Crippen LogP contribution in [0.4, 0.5) is 0 Å². The van der Waals surface area contributed by atoms with Gasteiger partial charge in [-0.1, -0.05) is 32.6 Å². The van der Waals surface area contributed by atoms with Gasteiger partial charge in [-0.25, -0.2) is 0 Å². The van der Waals surface area contributed by atoms with E-state index in [1.807, 2.05) is 0 Å². The third-order valence-corrected chi connectivity index (χ3v) is 2.98. The summed E-state index contributed by atoms with van der Waals surface area (Å²) < 4.78 is 0. The van der Waals surface area contributed by atoms with Crippen molar-refractivity contribution in [3.63, 3.8) is 0 Å². The highest BCUT2D eigenvalue weighted by Gasteiger charge is 2.35. The second-order valence-electron chi connectivity index (χ2n) is 4.20. The second-order valence-corrected chi connectivity index (χ2v) is 4.20. The SMILES string of the molecule is CCCCCCC(O)C(CO)(CO)CO. The van der Waals surface area contributed by atoms with E-state index in [1.54, 1.807) is 0 Å². The number of rotatable bonds is 9. The van der Waals surface area contributed by atoms with Crippen LogP contribution in [0.1, 0.15) is 39.0 Å². The van der Waals surface area contributed by atoms with Gasteiger partial charge in [0, 0.05) is 0 Å². The molecule has 0 spiro atoms. The molecule has 0 heterocycles. The molecule has 0 aromatic carbocycles. The average Bonchev–Trinajstić information content (AvgIpc) is 2.28. The molecule has 15 heavy (non-hydrogen) atoms. The van der Waals surface area contributed by atoms with Crippen molar-refractivity contribution in [1.29, 1.82) is 0 Å². The first-order valence-electron chi connectivity index (χ1n) is 5.67. The lowest BCUT2D eigenvalue weighted by Gasteiger charge is -2.32. The monoisotopic (exact) mass is 220 g/mol. The van der Waals surface area contributed by atoms with Crippen molar-refractivity contribution in [2.24, 2.45) is 5.41 Å². The van der Waals surface area contributed by atoms with Crippen molar-refractivity contribution < 1.29 is 20.4 Å². The molecular formula is C11H24O4. The molecule has 0 rings (SSSR count). The Kier molecular flexibility index (Phi) is 7.96. The van der Waals surface area contributed by atoms with Crippen molar-refractivity contribution in [2.45, 2.75) is 45.1 Å². The van der Waals surface area contributed by atoms with Crippen LogP contribution in [0.2, 0.25) is 0 Å². The normalized spacial score (nSPS) is 14.2. The van der Waals surface area contributed by atoms with Gasteiger partial charge in [0.05, 0.1) is 31.3 Å². The Morgan fingerprint density at radius 2 is 1.47 bits per heavy atom. The van der Waals surface area contributed by atoms with E-state index < -0.39 is 31.3 Å². The molecular weight excluding hydrogens is 196 g/mol. The maximum absolute atomic E-state index is 9.78. The summed E-state index contributed by atoms with van der Waals surface area (Å²) in [7, 11) is 0. The van der Waals surface area contributed by atoms with Gasteiger partial charge >= 0.3 is 0 Å². The van der Waals surface area contributed by atoms with E-state index in [9.17, 15) is 5.11 Å². The predicted molar refractivity (Wildman–Crippen MR) is 58.5 cm³/mol. The Balaban J connectivity index is 3.97. The summed E-state index contributed by atoms with van der Waals surface area (Å²) >= 11 is 0. The first kappa shape index (κ1) is 14.8. The third kappa shape index (κ3) is 4.47. The summed E-state index contributed by atoms with van der Waals surface area (Å²) in [6, 6.07) is 0. The molecule has 1 atom stereocenters. The molecule has 0 bridgehead atoms. The highest BCUT2D eigenvalue weighted by Crippen LogP contribution is 2.24. The van der Waals surface area contributed by atoms with Gasteiger partial charge in [0.2, 0.25) is 0 Å². The lowest BCUT2D eigenvalue weighted by Crippen LogP contribution is -2.45.